The summed E-state index contributed by atoms with van der Waals surface area (Å²) in [4.78, 5) is 2.67. The van der Waals surface area contributed by atoms with Crippen LogP contribution in [0, 0.1) is 0 Å². The van der Waals surface area contributed by atoms with Crippen LogP contribution in [-0.2, 0) is 24.4 Å². The molecule has 4 rings (SSSR count). The van der Waals surface area contributed by atoms with Crippen LogP contribution in [0.5, 0.6) is 0 Å². The number of aromatic nitrogens is 2. The first kappa shape index (κ1) is 19.9. The van der Waals surface area contributed by atoms with E-state index in [1.54, 1.807) is 7.11 Å². The lowest BCUT2D eigenvalue weighted by atomic mass is 9.83. The molecule has 3 aromatic rings. The fourth-order valence-electron chi connectivity index (χ4n) is 4.50. The van der Waals surface area contributed by atoms with E-state index in [0.29, 0.717) is 18.6 Å². The second-order valence-corrected chi connectivity index (χ2v) is 8.13. The summed E-state index contributed by atoms with van der Waals surface area (Å²) in [7, 11) is 1.72. The Morgan fingerprint density at radius 3 is 2.03 bits per heavy atom. The monoisotopic (exact) mass is 389 g/mol. The van der Waals surface area contributed by atoms with Gasteiger partial charge < -0.3 is 4.74 Å². The number of rotatable bonds is 8. The molecule has 1 aliphatic rings. The summed E-state index contributed by atoms with van der Waals surface area (Å²) in [6.07, 6.45) is 4.83. The van der Waals surface area contributed by atoms with Gasteiger partial charge in [-0.3, -0.25) is 10.00 Å². The Morgan fingerprint density at radius 2 is 1.48 bits per heavy atom. The van der Waals surface area contributed by atoms with Crippen molar-refractivity contribution in [1.82, 2.24) is 15.1 Å². The maximum absolute atomic E-state index is 5.21. The molecule has 0 amide bonds. The van der Waals surface area contributed by atoms with Crippen LogP contribution in [0.15, 0.2) is 66.7 Å². The molecule has 1 aliphatic carbocycles. The Kier molecular flexibility index (Phi) is 6.75. The molecule has 1 saturated carbocycles. The highest BCUT2D eigenvalue weighted by molar-refractivity contribution is 5.18. The molecule has 1 N–H and O–H groups in total. The highest BCUT2D eigenvalue weighted by Crippen LogP contribution is 2.35. The topological polar surface area (TPSA) is 41.1 Å². The molecule has 0 atom stereocenters. The number of aromatic amines is 1. The van der Waals surface area contributed by atoms with Crippen molar-refractivity contribution in [3.8, 4) is 0 Å². The van der Waals surface area contributed by atoms with Gasteiger partial charge in [-0.1, -0.05) is 60.7 Å². The van der Waals surface area contributed by atoms with Crippen molar-refractivity contribution in [3.05, 3.63) is 89.2 Å². The zero-order valence-corrected chi connectivity index (χ0v) is 17.3. The first-order chi connectivity index (χ1) is 14.3. The van der Waals surface area contributed by atoms with E-state index in [4.69, 9.17) is 4.74 Å². The van der Waals surface area contributed by atoms with Crippen molar-refractivity contribution in [1.29, 1.82) is 0 Å². The van der Waals surface area contributed by atoms with Crippen LogP contribution >= 0.6 is 0 Å². The Balaban J connectivity index is 1.42. The predicted octanol–water partition coefficient (Wildman–Crippen LogP) is 5.28. The molecule has 1 aromatic heterocycles. The van der Waals surface area contributed by atoms with Gasteiger partial charge in [0.15, 0.2) is 0 Å². The third-order valence-corrected chi connectivity index (χ3v) is 6.04. The summed E-state index contributed by atoms with van der Waals surface area (Å²) in [5, 5.41) is 7.66. The van der Waals surface area contributed by atoms with Crippen LogP contribution in [0.2, 0.25) is 0 Å². The van der Waals surface area contributed by atoms with Gasteiger partial charge in [-0.05, 0) is 42.9 Å². The first-order valence-electron chi connectivity index (χ1n) is 10.7. The number of nitrogens with zero attached hydrogens (tertiary/aromatic N) is 2. The summed E-state index contributed by atoms with van der Waals surface area (Å²) in [5.41, 5.74) is 5.05. The van der Waals surface area contributed by atoms with Crippen molar-refractivity contribution < 1.29 is 4.74 Å². The quantitative estimate of drug-likeness (QED) is 0.569. The molecule has 0 aliphatic heterocycles. The first-order valence-corrected chi connectivity index (χ1v) is 10.7. The second kappa shape index (κ2) is 9.86. The van der Waals surface area contributed by atoms with E-state index >= 15 is 0 Å². The molecule has 29 heavy (non-hydrogen) atoms. The second-order valence-electron chi connectivity index (χ2n) is 8.13. The zero-order valence-electron chi connectivity index (χ0n) is 17.3. The molecule has 1 heterocycles. The van der Waals surface area contributed by atoms with E-state index in [9.17, 15) is 0 Å². The Morgan fingerprint density at radius 1 is 0.897 bits per heavy atom. The van der Waals surface area contributed by atoms with Gasteiger partial charge in [0.1, 0.15) is 0 Å². The molecule has 1 fully saturated rings. The van der Waals surface area contributed by atoms with Gasteiger partial charge >= 0.3 is 0 Å². The Bertz CT molecular complexity index is 813. The standard InChI is InChI=1S/C25H31N3O/c1-29-19-23-16-25(27-26-23)22-12-14-24(15-13-22)28(17-20-8-4-2-5-9-20)18-21-10-6-3-7-11-21/h2-11,16,22,24H,12-15,17-19H2,1H3,(H,26,27). The third kappa shape index (κ3) is 5.34. The lowest BCUT2D eigenvalue weighted by molar-refractivity contribution is 0.133. The minimum Gasteiger partial charge on any atom is -0.378 e. The molecule has 4 nitrogen and oxygen atoms in total. The predicted molar refractivity (Wildman–Crippen MR) is 116 cm³/mol. The molecule has 0 unspecified atom stereocenters. The van der Waals surface area contributed by atoms with Gasteiger partial charge in [0.25, 0.3) is 0 Å². The van der Waals surface area contributed by atoms with Crippen LogP contribution in [0.4, 0.5) is 0 Å². The third-order valence-electron chi connectivity index (χ3n) is 6.04. The lowest BCUT2D eigenvalue weighted by Gasteiger charge is -2.37. The van der Waals surface area contributed by atoms with Gasteiger partial charge in [0, 0.05) is 32.2 Å². The highest BCUT2D eigenvalue weighted by atomic mass is 16.5. The van der Waals surface area contributed by atoms with E-state index in [0.717, 1.165) is 18.8 Å². The number of benzene rings is 2. The lowest BCUT2D eigenvalue weighted by Crippen LogP contribution is -2.37. The minimum atomic E-state index is 0.559. The van der Waals surface area contributed by atoms with Crippen LogP contribution in [0.1, 0.15) is 54.1 Å². The fourth-order valence-corrected chi connectivity index (χ4v) is 4.50. The number of methoxy groups -OCH3 is 1. The zero-order chi connectivity index (χ0) is 19.9. The van der Waals surface area contributed by atoms with E-state index in [2.05, 4.69) is 81.8 Å². The summed E-state index contributed by atoms with van der Waals surface area (Å²) >= 11 is 0. The van der Waals surface area contributed by atoms with Crippen molar-refractivity contribution in [2.75, 3.05) is 7.11 Å². The van der Waals surface area contributed by atoms with Gasteiger partial charge in [-0.25, -0.2) is 0 Å². The van der Waals surface area contributed by atoms with E-state index in [1.165, 1.54) is 42.5 Å². The average molecular weight is 390 g/mol. The molecule has 152 valence electrons. The molecule has 0 radical (unpaired) electrons. The number of H-pyrrole nitrogens is 1. The van der Waals surface area contributed by atoms with Crippen molar-refractivity contribution in [2.45, 2.75) is 57.3 Å². The van der Waals surface area contributed by atoms with Crippen LogP contribution in [0.3, 0.4) is 0 Å². The summed E-state index contributed by atoms with van der Waals surface area (Å²) in [5.74, 6) is 0.559. The smallest absolute Gasteiger partial charge is 0.0878 e. The van der Waals surface area contributed by atoms with Gasteiger partial charge in [-0.2, -0.15) is 5.10 Å². The largest absolute Gasteiger partial charge is 0.378 e. The van der Waals surface area contributed by atoms with Gasteiger partial charge in [0.05, 0.1) is 18.0 Å². The molecular weight excluding hydrogens is 358 g/mol. The summed E-state index contributed by atoms with van der Waals surface area (Å²) in [6, 6.07) is 24.5. The number of hydrogen-bond acceptors (Lipinski definition) is 3. The SMILES string of the molecule is COCc1cc(C2CCC(N(Cc3ccccc3)Cc3ccccc3)CC2)n[nH]1. The van der Waals surface area contributed by atoms with Crippen molar-refractivity contribution >= 4 is 0 Å². The van der Waals surface area contributed by atoms with Crippen LogP contribution < -0.4 is 0 Å². The number of ether oxygens (including phenoxy) is 1. The maximum atomic E-state index is 5.21. The van der Waals surface area contributed by atoms with E-state index < -0.39 is 0 Å². The van der Waals surface area contributed by atoms with Crippen LogP contribution in [0.25, 0.3) is 0 Å². The molecule has 0 saturated heterocycles. The normalized spacial score (nSPS) is 19.5. The molecule has 0 bridgehead atoms. The molecule has 0 spiro atoms. The number of hydrogen-bond donors (Lipinski definition) is 1. The molecular formula is C25H31N3O. The fraction of sp³-hybridized carbons (Fsp3) is 0.400. The van der Waals surface area contributed by atoms with E-state index in [-0.39, 0.29) is 0 Å². The average Bonchev–Trinajstić information content (AvgIpc) is 3.24. The molecule has 2 aromatic carbocycles. The minimum absolute atomic E-state index is 0.559. The maximum Gasteiger partial charge on any atom is 0.0878 e. The van der Waals surface area contributed by atoms with Gasteiger partial charge in [0.2, 0.25) is 0 Å². The van der Waals surface area contributed by atoms with Gasteiger partial charge in [-0.15, -0.1) is 0 Å². The Hall–Kier alpha value is -2.43. The summed E-state index contributed by atoms with van der Waals surface area (Å²) in [6.45, 7) is 2.61. The summed E-state index contributed by atoms with van der Waals surface area (Å²) < 4.78 is 5.21. The van der Waals surface area contributed by atoms with E-state index in [1.807, 2.05) is 0 Å². The van der Waals surface area contributed by atoms with Crippen molar-refractivity contribution in [2.24, 2.45) is 0 Å². The van der Waals surface area contributed by atoms with Crippen LogP contribution in [-0.4, -0.2) is 28.2 Å². The highest BCUT2D eigenvalue weighted by Gasteiger charge is 2.28. The number of nitrogens with one attached hydrogen (secondary N) is 1. The molecule has 4 heteroatoms. The Labute approximate surface area is 173 Å². The van der Waals surface area contributed by atoms with Crippen molar-refractivity contribution in [3.63, 3.8) is 0 Å².